The third kappa shape index (κ3) is 4.51. The number of benzene rings is 1. The molecule has 1 amide bonds. The van der Waals surface area contributed by atoms with Gasteiger partial charge in [-0.25, -0.2) is 9.50 Å². The van der Waals surface area contributed by atoms with Crippen molar-refractivity contribution in [2.45, 2.75) is 31.5 Å². The maximum Gasteiger partial charge on any atom is 0.433 e. The summed E-state index contributed by atoms with van der Waals surface area (Å²) < 4.78 is 43.5. The highest BCUT2D eigenvalue weighted by Crippen LogP contribution is 2.41. The number of nitrogens with zero attached hydrogens (tertiary/aromatic N) is 5. The molecule has 0 unspecified atom stereocenters. The number of fused-ring (bicyclic) bond motifs is 1. The molecule has 1 aliphatic rings. The highest BCUT2D eigenvalue weighted by molar-refractivity contribution is 9.10. The zero-order valence-electron chi connectivity index (χ0n) is 17.1. The van der Waals surface area contributed by atoms with Crippen LogP contribution in [0.25, 0.3) is 5.65 Å². The molecule has 1 fully saturated rings. The van der Waals surface area contributed by atoms with E-state index in [9.17, 15) is 18.0 Å². The molecule has 1 saturated carbocycles. The Balaban J connectivity index is 1.43. The number of amides is 1. The van der Waals surface area contributed by atoms with Crippen LogP contribution in [0.5, 0.6) is 0 Å². The molecule has 0 bridgehead atoms. The van der Waals surface area contributed by atoms with Gasteiger partial charge in [-0.05, 0) is 52.5 Å². The highest BCUT2D eigenvalue weighted by Gasteiger charge is 2.38. The molecule has 176 valence electrons. The van der Waals surface area contributed by atoms with Crippen molar-refractivity contribution in [3.05, 3.63) is 73.7 Å². The molecule has 0 aliphatic heterocycles. The van der Waals surface area contributed by atoms with E-state index < -0.39 is 17.8 Å². The van der Waals surface area contributed by atoms with E-state index in [-0.39, 0.29) is 22.9 Å². The lowest BCUT2D eigenvalue weighted by molar-refractivity contribution is -0.142. The monoisotopic (exact) mass is 572 g/mol. The number of rotatable bonds is 5. The minimum atomic E-state index is -4.64. The second-order valence-electron chi connectivity index (χ2n) is 7.86. The maximum absolute atomic E-state index is 13.6. The summed E-state index contributed by atoms with van der Waals surface area (Å²) in [5.41, 5.74) is -0.0621. The maximum atomic E-state index is 13.6. The largest absolute Gasteiger partial charge is 0.433 e. The van der Waals surface area contributed by atoms with Crippen molar-refractivity contribution in [1.82, 2.24) is 24.4 Å². The number of alkyl halides is 3. The fourth-order valence-electron chi connectivity index (χ4n) is 3.49. The van der Waals surface area contributed by atoms with Gasteiger partial charge >= 0.3 is 6.18 Å². The molecule has 1 aliphatic carbocycles. The Labute approximate surface area is 209 Å². The molecule has 1 aromatic carbocycles. The van der Waals surface area contributed by atoms with Gasteiger partial charge in [0, 0.05) is 17.8 Å². The van der Waals surface area contributed by atoms with Crippen LogP contribution >= 0.6 is 39.1 Å². The van der Waals surface area contributed by atoms with Gasteiger partial charge in [0.25, 0.3) is 5.91 Å². The molecular formula is C21H14BrCl2F3N6O. The highest BCUT2D eigenvalue weighted by atomic mass is 79.9. The van der Waals surface area contributed by atoms with Gasteiger partial charge in [-0.3, -0.25) is 9.48 Å². The van der Waals surface area contributed by atoms with Gasteiger partial charge in [0.2, 0.25) is 0 Å². The topological polar surface area (TPSA) is 77.1 Å². The van der Waals surface area contributed by atoms with Gasteiger partial charge in [0.05, 0.1) is 27.3 Å². The first-order chi connectivity index (χ1) is 16.1. The van der Waals surface area contributed by atoms with Gasteiger partial charge < -0.3 is 5.32 Å². The van der Waals surface area contributed by atoms with E-state index in [1.165, 1.54) is 0 Å². The molecule has 34 heavy (non-hydrogen) atoms. The smallest absolute Gasteiger partial charge is 0.304 e. The fourth-order valence-corrected chi connectivity index (χ4v) is 4.23. The Morgan fingerprint density at radius 3 is 2.65 bits per heavy atom. The number of halogens is 6. The van der Waals surface area contributed by atoms with Crippen LogP contribution in [-0.4, -0.2) is 30.3 Å². The van der Waals surface area contributed by atoms with Crippen molar-refractivity contribution in [1.29, 1.82) is 0 Å². The number of nitrogens with one attached hydrogen (secondary N) is 1. The lowest BCUT2D eigenvalue weighted by Gasteiger charge is -2.11. The van der Waals surface area contributed by atoms with Crippen LogP contribution in [0, 0.1) is 0 Å². The van der Waals surface area contributed by atoms with Gasteiger partial charge in [0.15, 0.2) is 11.5 Å². The number of anilines is 1. The van der Waals surface area contributed by atoms with E-state index in [0.717, 1.165) is 30.7 Å². The zero-order chi connectivity index (χ0) is 24.2. The molecule has 3 aromatic heterocycles. The van der Waals surface area contributed by atoms with Gasteiger partial charge in [-0.15, -0.1) is 0 Å². The van der Waals surface area contributed by atoms with Crippen LogP contribution in [0.15, 0.2) is 41.1 Å². The third-order valence-electron chi connectivity index (χ3n) is 5.30. The van der Waals surface area contributed by atoms with Crippen molar-refractivity contribution >= 4 is 56.5 Å². The Bertz CT molecular complexity index is 1430. The summed E-state index contributed by atoms with van der Waals surface area (Å²) in [5.74, 6) is -0.522. The summed E-state index contributed by atoms with van der Waals surface area (Å²) in [7, 11) is 0. The van der Waals surface area contributed by atoms with Crippen molar-refractivity contribution in [2.24, 2.45) is 0 Å². The quantitative estimate of drug-likeness (QED) is 0.309. The van der Waals surface area contributed by atoms with Crippen LogP contribution in [0.2, 0.25) is 10.0 Å². The summed E-state index contributed by atoms with van der Waals surface area (Å²) in [6.07, 6.45) is -0.390. The molecule has 0 atom stereocenters. The van der Waals surface area contributed by atoms with Crippen molar-refractivity contribution in [3.8, 4) is 0 Å². The fraction of sp³-hybridized carbons (Fsp3) is 0.238. The zero-order valence-corrected chi connectivity index (χ0v) is 20.2. The molecule has 0 spiro atoms. The SMILES string of the molecule is O=C(Nc1nn(Cc2ccc(Cl)c(Cl)c2)cc1Br)c1cnn2c(C(F)(F)F)cc(C3CC3)nc12. The van der Waals surface area contributed by atoms with Crippen LogP contribution in [0.3, 0.4) is 0 Å². The lowest BCUT2D eigenvalue weighted by atomic mass is 10.2. The summed E-state index contributed by atoms with van der Waals surface area (Å²) in [5, 5.41) is 11.6. The van der Waals surface area contributed by atoms with Gasteiger partial charge in [-0.2, -0.15) is 23.4 Å². The van der Waals surface area contributed by atoms with Crippen molar-refractivity contribution in [2.75, 3.05) is 5.32 Å². The minimum Gasteiger partial charge on any atom is -0.304 e. The molecule has 0 saturated heterocycles. The number of aromatic nitrogens is 5. The molecule has 3 heterocycles. The Morgan fingerprint density at radius 2 is 1.97 bits per heavy atom. The Hall–Kier alpha value is -2.63. The first-order valence-corrected chi connectivity index (χ1v) is 11.6. The van der Waals surface area contributed by atoms with Gasteiger partial charge in [-0.1, -0.05) is 29.3 Å². The Kier molecular flexibility index (Phi) is 5.81. The normalized spacial score (nSPS) is 14.1. The third-order valence-corrected chi connectivity index (χ3v) is 6.62. The lowest BCUT2D eigenvalue weighted by Crippen LogP contribution is -2.16. The standard InChI is InChI=1S/C21H14BrCl2F3N6O/c22-13-9-32(8-10-1-4-14(23)15(24)5-10)31-18(13)30-20(34)12-7-28-33-17(21(25,26)27)6-16(11-2-3-11)29-19(12)33/h1,4-7,9,11H,2-3,8H2,(H,30,31,34). The number of hydrogen-bond donors (Lipinski definition) is 1. The van der Waals surface area contributed by atoms with E-state index in [1.54, 1.807) is 29.1 Å². The molecule has 1 N–H and O–H groups in total. The number of carbonyl (C=O) groups excluding carboxylic acids is 1. The van der Waals surface area contributed by atoms with Crippen LogP contribution < -0.4 is 5.32 Å². The van der Waals surface area contributed by atoms with E-state index in [4.69, 9.17) is 23.2 Å². The number of carbonyl (C=O) groups is 1. The van der Waals surface area contributed by atoms with E-state index in [2.05, 4.69) is 36.4 Å². The first-order valence-electron chi connectivity index (χ1n) is 10.0. The second-order valence-corrected chi connectivity index (χ2v) is 9.53. The van der Waals surface area contributed by atoms with Crippen LogP contribution in [0.4, 0.5) is 19.0 Å². The van der Waals surface area contributed by atoms with Crippen LogP contribution in [0.1, 0.15) is 46.1 Å². The predicted molar refractivity (Wildman–Crippen MR) is 123 cm³/mol. The van der Waals surface area contributed by atoms with Crippen LogP contribution in [-0.2, 0) is 12.7 Å². The summed E-state index contributed by atoms with van der Waals surface area (Å²) in [6, 6.07) is 6.17. The van der Waals surface area contributed by atoms with Gasteiger partial charge in [0.1, 0.15) is 11.3 Å². The molecule has 4 aromatic rings. The summed E-state index contributed by atoms with van der Waals surface area (Å²) in [6.45, 7) is 0.351. The summed E-state index contributed by atoms with van der Waals surface area (Å²) >= 11 is 15.3. The second kappa shape index (κ2) is 8.54. The number of hydrogen-bond acceptors (Lipinski definition) is 4. The van der Waals surface area contributed by atoms with E-state index in [1.807, 2.05) is 0 Å². The predicted octanol–water partition coefficient (Wildman–Crippen LogP) is 6.19. The molecule has 7 nitrogen and oxygen atoms in total. The van der Waals surface area contributed by atoms with E-state index in [0.29, 0.717) is 31.3 Å². The van der Waals surface area contributed by atoms with Crippen molar-refractivity contribution < 1.29 is 18.0 Å². The average molecular weight is 574 g/mol. The Morgan fingerprint density at radius 1 is 1.21 bits per heavy atom. The minimum absolute atomic E-state index is 0.0388. The summed E-state index contributed by atoms with van der Waals surface area (Å²) in [4.78, 5) is 17.3. The first kappa shape index (κ1) is 23.1. The molecular weight excluding hydrogens is 560 g/mol. The van der Waals surface area contributed by atoms with E-state index >= 15 is 0 Å². The molecule has 5 rings (SSSR count). The average Bonchev–Trinajstić information content (AvgIpc) is 3.44. The molecule has 0 radical (unpaired) electrons. The van der Waals surface area contributed by atoms with Crippen molar-refractivity contribution in [3.63, 3.8) is 0 Å². The molecule has 13 heteroatoms.